The van der Waals surface area contributed by atoms with Crippen LogP contribution in [0.4, 0.5) is 4.39 Å². The molecule has 0 aliphatic rings. The molecule has 0 aliphatic heterocycles. The highest BCUT2D eigenvalue weighted by Gasteiger charge is 2.20. The van der Waals surface area contributed by atoms with Crippen LogP contribution in [0.25, 0.3) is 0 Å². The van der Waals surface area contributed by atoms with Gasteiger partial charge in [0.25, 0.3) is 0 Å². The highest BCUT2D eigenvalue weighted by atomic mass is 35.5. The fourth-order valence-corrected chi connectivity index (χ4v) is 3.81. The number of sulfonamides is 1. The van der Waals surface area contributed by atoms with Crippen LogP contribution < -0.4 is 10.0 Å². The fourth-order valence-electron chi connectivity index (χ4n) is 2.29. The van der Waals surface area contributed by atoms with Crippen LogP contribution in [-0.4, -0.2) is 32.6 Å². The second-order valence-corrected chi connectivity index (χ2v) is 8.16. The lowest BCUT2D eigenvalue weighted by atomic mass is 10.1. The minimum atomic E-state index is -3.82. The van der Waals surface area contributed by atoms with E-state index in [9.17, 15) is 22.7 Å². The Labute approximate surface area is 166 Å². The summed E-state index contributed by atoms with van der Waals surface area (Å²) in [4.78, 5) is 12.0. The van der Waals surface area contributed by atoms with Crippen molar-refractivity contribution < 1.29 is 22.7 Å². The number of rotatable bonds is 8. The van der Waals surface area contributed by atoms with Gasteiger partial charge in [-0.25, -0.2) is 17.5 Å². The zero-order valence-electron chi connectivity index (χ0n) is 14.0. The lowest BCUT2D eigenvalue weighted by Crippen LogP contribution is -2.34. The molecule has 2 rings (SSSR count). The third kappa shape index (κ3) is 5.88. The van der Waals surface area contributed by atoms with Gasteiger partial charge in [0, 0.05) is 23.6 Å². The van der Waals surface area contributed by atoms with Gasteiger partial charge in [0.1, 0.15) is 5.82 Å². The first-order chi connectivity index (χ1) is 12.7. The van der Waals surface area contributed by atoms with Gasteiger partial charge >= 0.3 is 0 Å². The molecule has 1 amide bonds. The molecule has 6 nitrogen and oxygen atoms in total. The summed E-state index contributed by atoms with van der Waals surface area (Å²) < 4.78 is 40.6. The standard InChI is InChI=1S/C17H17Cl2FN2O4S/c18-11-3-1-4-12(9-11)27(25,26)21-8-7-16(24)22-15(10-23)13-5-2-6-14(19)17(13)20/h1-6,9,15,21,23H,7-8,10H2,(H,22,24). The SMILES string of the molecule is O=C(CCNS(=O)(=O)c1cccc(Cl)c1)NC(CO)c1cccc(Cl)c1F. The molecule has 1 atom stereocenters. The lowest BCUT2D eigenvalue weighted by Gasteiger charge is -2.18. The van der Waals surface area contributed by atoms with Gasteiger partial charge in [-0.05, 0) is 24.3 Å². The minimum Gasteiger partial charge on any atom is -0.394 e. The van der Waals surface area contributed by atoms with Crippen LogP contribution >= 0.6 is 23.2 Å². The van der Waals surface area contributed by atoms with Crippen molar-refractivity contribution in [3.63, 3.8) is 0 Å². The summed E-state index contributed by atoms with van der Waals surface area (Å²) in [6.45, 7) is -0.728. The molecule has 3 N–H and O–H groups in total. The molecule has 0 saturated carbocycles. The van der Waals surface area contributed by atoms with Crippen LogP contribution in [0.3, 0.4) is 0 Å². The summed E-state index contributed by atoms with van der Waals surface area (Å²) in [7, 11) is -3.82. The summed E-state index contributed by atoms with van der Waals surface area (Å²) in [5.41, 5.74) is 0.0397. The minimum absolute atomic E-state index is 0.0235. The second kappa shape index (κ2) is 9.48. The molecule has 0 saturated heterocycles. The summed E-state index contributed by atoms with van der Waals surface area (Å²) in [6, 6.07) is 8.93. The molecular weight excluding hydrogens is 418 g/mol. The molecule has 2 aromatic carbocycles. The van der Waals surface area contributed by atoms with E-state index in [4.69, 9.17) is 23.2 Å². The summed E-state index contributed by atoms with van der Waals surface area (Å²) >= 11 is 11.5. The molecule has 0 bridgehead atoms. The number of amides is 1. The predicted molar refractivity (Wildman–Crippen MR) is 101 cm³/mol. The van der Waals surface area contributed by atoms with Gasteiger partial charge in [0.05, 0.1) is 22.6 Å². The molecule has 0 spiro atoms. The maximum Gasteiger partial charge on any atom is 0.240 e. The smallest absolute Gasteiger partial charge is 0.240 e. The Bertz CT molecular complexity index is 925. The van der Waals surface area contributed by atoms with Crippen molar-refractivity contribution in [1.29, 1.82) is 0 Å². The number of nitrogens with one attached hydrogen (secondary N) is 2. The van der Waals surface area contributed by atoms with E-state index in [1.54, 1.807) is 0 Å². The first kappa shape index (κ1) is 21.6. The molecule has 27 heavy (non-hydrogen) atoms. The van der Waals surface area contributed by atoms with Crippen LogP contribution in [0, 0.1) is 5.82 Å². The quantitative estimate of drug-likeness (QED) is 0.594. The van der Waals surface area contributed by atoms with Gasteiger partial charge in [-0.1, -0.05) is 41.4 Å². The van der Waals surface area contributed by atoms with E-state index in [2.05, 4.69) is 10.0 Å². The zero-order valence-corrected chi connectivity index (χ0v) is 16.3. The van der Waals surface area contributed by atoms with Crippen molar-refractivity contribution in [3.8, 4) is 0 Å². The molecule has 0 aromatic heterocycles. The summed E-state index contributed by atoms with van der Waals surface area (Å²) in [5, 5.41) is 12.0. The van der Waals surface area contributed by atoms with Gasteiger partial charge in [0.15, 0.2) is 0 Å². The van der Waals surface area contributed by atoms with E-state index in [1.165, 1.54) is 42.5 Å². The molecule has 0 heterocycles. The van der Waals surface area contributed by atoms with Crippen molar-refractivity contribution in [3.05, 3.63) is 63.9 Å². The topological polar surface area (TPSA) is 95.5 Å². The molecule has 2 aromatic rings. The Kier molecular flexibility index (Phi) is 7.58. The molecule has 1 unspecified atom stereocenters. The average molecular weight is 435 g/mol. The van der Waals surface area contributed by atoms with Crippen molar-refractivity contribution in [2.24, 2.45) is 0 Å². The van der Waals surface area contributed by atoms with Crippen LogP contribution in [0.2, 0.25) is 10.0 Å². The Morgan fingerprint density at radius 1 is 1.19 bits per heavy atom. The van der Waals surface area contributed by atoms with E-state index in [0.717, 1.165) is 0 Å². The molecule has 146 valence electrons. The first-order valence-corrected chi connectivity index (χ1v) is 10.1. The third-order valence-electron chi connectivity index (χ3n) is 3.63. The van der Waals surface area contributed by atoms with Gasteiger partial charge < -0.3 is 10.4 Å². The number of halogens is 3. The number of carbonyl (C=O) groups excluding carboxylic acids is 1. The number of hydrogen-bond donors (Lipinski definition) is 3. The van der Waals surface area contributed by atoms with Gasteiger partial charge in [-0.15, -0.1) is 0 Å². The molecule has 10 heteroatoms. The van der Waals surface area contributed by atoms with Gasteiger partial charge in [-0.3, -0.25) is 4.79 Å². The normalized spacial score (nSPS) is 12.6. The van der Waals surface area contributed by atoms with Crippen LogP contribution in [-0.2, 0) is 14.8 Å². The zero-order chi connectivity index (χ0) is 20.0. The lowest BCUT2D eigenvalue weighted by molar-refractivity contribution is -0.122. The monoisotopic (exact) mass is 434 g/mol. The van der Waals surface area contributed by atoms with E-state index < -0.39 is 34.4 Å². The molecule has 0 fully saturated rings. The van der Waals surface area contributed by atoms with Crippen LogP contribution in [0.1, 0.15) is 18.0 Å². The maximum absolute atomic E-state index is 14.0. The Morgan fingerprint density at radius 3 is 2.56 bits per heavy atom. The highest BCUT2D eigenvalue weighted by molar-refractivity contribution is 7.89. The molecule has 0 aliphatic carbocycles. The van der Waals surface area contributed by atoms with E-state index in [1.807, 2.05) is 0 Å². The maximum atomic E-state index is 14.0. The number of benzene rings is 2. The average Bonchev–Trinajstić information content (AvgIpc) is 2.62. The Balaban J connectivity index is 1.94. The summed E-state index contributed by atoms with van der Waals surface area (Å²) in [5.74, 6) is -1.30. The molecule has 0 radical (unpaired) electrons. The Morgan fingerprint density at radius 2 is 1.89 bits per heavy atom. The van der Waals surface area contributed by atoms with Crippen molar-refractivity contribution in [2.75, 3.05) is 13.2 Å². The van der Waals surface area contributed by atoms with Crippen LogP contribution in [0.15, 0.2) is 47.4 Å². The van der Waals surface area contributed by atoms with E-state index >= 15 is 0 Å². The first-order valence-electron chi connectivity index (χ1n) is 7.84. The third-order valence-corrected chi connectivity index (χ3v) is 5.61. The molecular formula is C17H17Cl2FN2O4S. The number of aliphatic hydroxyl groups excluding tert-OH is 1. The van der Waals surface area contributed by atoms with Crippen molar-refractivity contribution >= 4 is 39.1 Å². The van der Waals surface area contributed by atoms with Gasteiger partial charge in [-0.2, -0.15) is 0 Å². The Hall–Kier alpha value is -1.71. The van der Waals surface area contributed by atoms with Crippen molar-refractivity contribution in [1.82, 2.24) is 10.0 Å². The fraction of sp³-hybridized carbons (Fsp3) is 0.235. The van der Waals surface area contributed by atoms with E-state index in [0.29, 0.717) is 0 Å². The van der Waals surface area contributed by atoms with Crippen molar-refractivity contribution in [2.45, 2.75) is 17.4 Å². The van der Waals surface area contributed by atoms with Crippen LogP contribution in [0.5, 0.6) is 0 Å². The van der Waals surface area contributed by atoms with Gasteiger partial charge in [0.2, 0.25) is 15.9 Å². The summed E-state index contributed by atoms with van der Waals surface area (Å²) in [6.07, 6.45) is -0.210. The number of carbonyl (C=O) groups is 1. The predicted octanol–water partition coefficient (Wildman–Crippen LogP) is 2.65. The number of hydrogen-bond acceptors (Lipinski definition) is 4. The van der Waals surface area contributed by atoms with E-state index in [-0.39, 0.29) is 33.5 Å². The largest absolute Gasteiger partial charge is 0.394 e. The second-order valence-electron chi connectivity index (χ2n) is 5.55. The number of aliphatic hydroxyl groups is 1. The highest BCUT2D eigenvalue weighted by Crippen LogP contribution is 2.23.